The summed E-state index contributed by atoms with van der Waals surface area (Å²) in [6.07, 6.45) is 0. The summed E-state index contributed by atoms with van der Waals surface area (Å²) in [5, 5.41) is 14.9. The van der Waals surface area contributed by atoms with E-state index in [2.05, 4.69) is 0 Å². The van der Waals surface area contributed by atoms with Gasteiger partial charge in [-0.1, -0.05) is 6.07 Å². The molecule has 2 aromatic rings. The van der Waals surface area contributed by atoms with Crippen molar-refractivity contribution in [2.24, 2.45) is 0 Å². The SMILES string of the molecule is [O]c1ccsc1-c1cccs1. The molecular formula is C8H5OS2. The van der Waals surface area contributed by atoms with E-state index in [0.717, 1.165) is 9.75 Å². The predicted octanol–water partition coefficient (Wildman–Crippen LogP) is 3.62. The van der Waals surface area contributed by atoms with Gasteiger partial charge in [-0.3, -0.25) is 5.11 Å². The van der Waals surface area contributed by atoms with Gasteiger partial charge in [-0.25, -0.2) is 0 Å². The zero-order chi connectivity index (χ0) is 7.68. The molecule has 0 amide bonds. The van der Waals surface area contributed by atoms with E-state index in [1.807, 2.05) is 22.9 Å². The fourth-order valence-corrected chi connectivity index (χ4v) is 2.54. The van der Waals surface area contributed by atoms with Crippen molar-refractivity contribution >= 4 is 22.7 Å². The van der Waals surface area contributed by atoms with Gasteiger partial charge in [-0.15, -0.1) is 22.7 Å². The monoisotopic (exact) mass is 181 g/mol. The first-order chi connectivity index (χ1) is 5.38. The van der Waals surface area contributed by atoms with Gasteiger partial charge in [0.05, 0.1) is 4.88 Å². The van der Waals surface area contributed by atoms with Gasteiger partial charge in [-0.05, 0) is 22.9 Å². The molecule has 2 rings (SSSR count). The molecule has 0 aromatic carbocycles. The molecule has 2 aromatic heterocycles. The van der Waals surface area contributed by atoms with Gasteiger partial charge in [0.15, 0.2) is 5.75 Å². The van der Waals surface area contributed by atoms with E-state index in [-0.39, 0.29) is 5.75 Å². The van der Waals surface area contributed by atoms with Crippen LogP contribution in [0.5, 0.6) is 5.75 Å². The minimum atomic E-state index is 0.137. The lowest BCUT2D eigenvalue weighted by atomic mass is 10.4. The Kier molecular flexibility index (Phi) is 1.68. The Balaban J connectivity index is 2.53. The average molecular weight is 181 g/mol. The van der Waals surface area contributed by atoms with Crippen LogP contribution in [0.3, 0.4) is 0 Å². The highest BCUT2D eigenvalue weighted by Crippen LogP contribution is 2.37. The molecule has 0 N–H and O–H groups in total. The van der Waals surface area contributed by atoms with Crippen LogP contribution in [0, 0.1) is 0 Å². The Hall–Kier alpha value is -0.800. The van der Waals surface area contributed by atoms with E-state index in [9.17, 15) is 5.11 Å². The molecule has 0 aliphatic heterocycles. The van der Waals surface area contributed by atoms with Crippen LogP contribution >= 0.6 is 22.7 Å². The highest BCUT2D eigenvalue weighted by atomic mass is 32.1. The summed E-state index contributed by atoms with van der Waals surface area (Å²) in [5.74, 6) is 0.137. The molecular weight excluding hydrogens is 176 g/mol. The summed E-state index contributed by atoms with van der Waals surface area (Å²) in [6.45, 7) is 0. The van der Waals surface area contributed by atoms with E-state index in [0.29, 0.717) is 0 Å². The second-order valence-electron chi connectivity index (χ2n) is 2.09. The van der Waals surface area contributed by atoms with Crippen LogP contribution in [-0.4, -0.2) is 0 Å². The fraction of sp³-hybridized carbons (Fsp3) is 0. The molecule has 0 fully saturated rings. The molecule has 3 heteroatoms. The zero-order valence-electron chi connectivity index (χ0n) is 5.61. The van der Waals surface area contributed by atoms with E-state index >= 15 is 0 Å². The Labute approximate surface area is 72.6 Å². The number of thiophene rings is 2. The van der Waals surface area contributed by atoms with Crippen LogP contribution in [-0.2, 0) is 5.11 Å². The summed E-state index contributed by atoms with van der Waals surface area (Å²) in [5.41, 5.74) is 0. The summed E-state index contributed by atoms with van der Waals surface area (Å²) in [7, 11) is 0. The van der Waals surface area contributed by atoms with Gasteiger partial charge in [-0.2, -0.15) is 0 Å². The smallest absolute Gasteiger partial charge is 0.197 e. The van der Waals surface area contributed by atoms with Crippen molar-refractivity contribution in [1.82, 2.24) is 0 Å². The van der Waals surface area contributed by atoms with Crippen molar-refractivity contribution in [2.75, 3.05) is 0 Å². The third-order valence-electron chi connectivity index (χ3n) is 1.37. The van der Waals surface area contributed by atoms with Gasteiger partial charge < -0.3 is 0 Å². The zero-order valence-corrected chi connectivity index (χ0v) is 7.24. The second-order valence-corrected chi connectivity index (χ2v) is 3.96. The normalized spacial score (nSPS) is 10.2. The first-order valence-corrected chi connectivity index (χ1v) is 4.92. The molecule has 55 valence electrons. The first-order valence-electron chi connectivity index (χ1n) is 3.16. The van der Waals surface area contributed by atoms with E-state index < -0.39 is 0 Å². The van der Waals surface area contributed by atoms with Crippen LogP contribution in [0.25, 0.3) is 9.75 Å². The Morgan fingerprint density at radius 2 is 2.00 bits per heavy atom. The molecule has 2 heterocycles. The molecule has 0 saturated carbocycles. The highest BCUT2D eigenvalue weighted by molar-refractivity contribution is 7.20. The average Bonchev–Trinajstić information content (AvgIpc) is 2.55. The third-order valence-corrected chi connectivity index (χ3v) is 3.32. The van der Waals surface area contributed by atoms with Gasteiger partial charge in [0.25, 0.3) is 0 Å². The minimum Gasteiger partial charge on any atom is -0.288 e. The maximum absolute atomic E-state index is 11.1. The molecule has 0 atom stereocenters. The summed E-state index contributed by atoms with van der Waals surface area (Å²) >= 11 is 3.11. The molecule has 0 aliphatic rings. The topological polar surface area (TPSA) is 19.9 Å². The van der Waals surface area contributed by atoms with Crippen molar-refractivity contribution < 1.29 is 5.11 Å². The molecule has 0 unspecified atom stereocenters. The van der Waals surface area contributed by atoms with Crippen LogP contribution in [0.2, 0.25) is 0 Å². The number of hydrogen-bond acceptors (Lipinski definition) is 2. The van der Waals surface area contributed by atoms with Gasteiger partial charge in [0, 0.05) is 4.88 Å². The lowest BCUT2D eigenvalue weighted by Crippen LogP contribution is -1.59. The summed E-state index contributed by atoms with van der Waals surface area (Å²) in [4.78, 5) is 1.94. The highest BCUT2D eigenvalue weighted by Gasteiger charge is 2.06. The Morgan fingerprint density at radius 1 is 1.09 bits per heavy atom. The van der Waals surface area contributed by atoms with Crippen molar-refractivity contribution in [3.63, 3.8) is 0 Å². The molecule has 0 spiro atoms. The van der Waals surface area contributed by atoms with Crippen LogP contribution in [0.15, 0.2) is 29.0 Å². The van der Waals surface area contributed by atoms with E-state index in [1.165, 1.54) is 11.3 Å². The summed E-state index contributed by atoms with van der Waals surface area (Å²) < 4.78 is 0. The number of rotatable bonds is 1. The lowest BCUT2D eigenvalue weighted by Gasteiger charge is -1.87. The Morgan fingerprint density at radius 3 is 2.55 bits per heavy atom. The van der Waals surface area contributed by atoms with Crippen molar-refractivity contribution in [1.29, 1.82) is 0 Å². The van der Waals surface area contributed by atoms with E-state index in [4.69, 9.17) is 0 Å². The van der Waals surface area contributed by atoms with Crippen molar-refractivity contribution in [2.45, 2.75) is 0 Å². The van der Waals surface area contributed by atoms with Crippen LogP contribution in [0.4, 0.5) is 0 Å². The standard InChI is InChI=1S/C8H5OS2/c9-6-3-5-11-8(6)7-2-1-4-10-7/h1-5H. The molecule has 0 bridgehead atoms. The number of hydrogen-bond donors (Lipinski definition) is 0. The molecule has 0 saturated heterocycles. The molecule has 1 radical (unpaired) electrons. The summed E-state index contributed by atoms with van der Waals surface area (Å²) in [6, 6.07) is 5.54. The quantitative estimate of drug-likeness (QED) is 0.640. The Bertz CT molecular complexity index is 335. The third kappa shape index (κ3) is 1.17. The van der Waals surface area contributed by atoms with Crippen LogP contribution < -0.4 is 0 Å². The van der Waals surface area contributed by atoms with Gasteiger partial charge in [0.1, 0.15) is 0 Å². The van der Waals surface area contributed by atoms with Crippen molar-refractivity contribution in [3.05, 3.63) is 29.0 Å². The van der Waals surface area contributed by atoms with Gasteiger partial charge in [0.2, 0.25) is 0 Å². The fourth-order valence-electron chi connectivity index (χ4n) is 0.885. The molecule has 1 nitrogen and oxygen atoms in total. The first kappa shape index (κ1) is 6.88. The second kappa shape index (κ2) is 2.68. The van der Waals surface area contributed by atoms with Gasteiger partial charge >= 0.3 is 0 Å². The van der Waals surface area contributed by atoms with Crippen molar-refractivity contribution in [3.8, 4) is 15.5 Å². The molecule has 11 heavy (non-hydrogen) atoms. The predicted molar refractivity (Wildman–Crippen MR) is 47.8 cm³/mol. The molecule has 0 aliphatic carbocycles. The maximum Gasteiger partial charge on any atom is 0.197 e. The van der Waals surface area contributed by atoms with Crippen LogP contribution in [0.1, 0.15) is 0 Å². The minimum absolute atomic E-state index is 0.137. The van der Waals surface area contributed by atoms with E-state index in [1.54, 1.807) is 17.4 Å². The maximum atomic E-state index is 11.1. The lowest BCUT2D eigenvalue weighted by molar-refractivity contribution is 0.358. The largest absolute Gasteiger partial charge is 0.288 e.